The fraction of sp³-hybridized carbons (Fsp3) is 0.667. The second kappa shape index (κ2) is 4.78. The van der Waals surface area contributed by atoms with Gasteiger partial charge in [-0.2, -0.15) is 0 Å². The van der Waals surface area contributed by atoms with Crippen molar-refractivity contribution < 1.29 is 0 Å². The van der Waals surface area contributed by atoms with Crippen molar-refractivity contribution >= 4 is 5.82 Å². The van der Waals surface area contributed by atoms with Crippen LogP contribution < -0.4 is 5.73 Å². The van der Waals surface area contributed by atoms with Gasteiger partial charge < -0.3 is 5.73 Å². The van der Waals surface area contributed by atoms with Crippen molar-refractivity contribution in [3.05, 3.63) is 18.1 Å². The molecule has 1 saturated heterocycles. The zero-order valence-electron chi connectivity index (χ0n) is 10.1. The molecule has 0 aliphatic carbocycles. The molecular weight excluding hydrogens is 200 g/mol. The molecule has 0 aromatic carbocycles. The first-order valence-electron chi connectivity index (χ1n) is 5.95. The van der Waals surface area contributed by atoms with E-state index in [0.29, 0.717) is 11.9 Å². The fourth-order valence-corrected chi connectivity index (χ4v) is 2.25. The molecule has 0 bridgehead atoms. The molecule has 0 saturated carbocycles. The van der Waals surface area contributed by atoms with E-state index < -0.39 is 0 Å². The van der Waals surface area contributed by atoms with Gasteiger partial charge in [0.2, 0.25) is 0 Å². The number of hydrogen-bond donors (Lipinski definition) is 1. The summed E-state index contributed by atoms with van der Waals surface area (Å²) in [5.74, 6) is 1.28. The maximum absolute atomic E-state index is 5.52. The van der Waals surface area contributed by atoms with Crippen LogP contribution in [0.3, 0.4) is 0 Å². The average molecular weight is 220 g/mol. The van der Waals surface area contributed by atoms with Gasteiger partial charge in [0.15, 0.2) is 0 Å². The Balaban J connectivity index is 2.00. The Labute approximate surface area is 96.9 Å². The first-order chi connectivity index (χ1) is 7.65. The number of nitrogen functional groups attached to an aromatic ring is 1. The second-order valence-electron chi connectivity index (χ2n) is 4.89. The maximum Gasteiger partial charge on any atom is 0.141 e. The summed E-state index contributed by atoms with van der Waals surface area (Å²) < 4.78 is 0. The van der Waals surface area contributed by atoms with Gasteiger partial charge in [-0.3, -0.25) is 9.88 Å². The SMILES string of the molecule is CC1CCC(C)N(Cc2cnc(N)cn2)C1. The van der Waals surface area contributed by atoms with Crippen LogP contribution in [0, 0.1) is 5.92 Å². The van der Waals surface area contributed by atoms with Crippen molar-refractivity contribution in [1.29, 1.82) is 0 Å². The van der Waals surface area contributed by atoms with Gasteiger partial charge in [-0.25, -0.2) is 4.98 Å². The van der Waals surface area contributed by atoms with E-state index in [9.17, 15) is 0 Å². The van der Waals surface area contributed by atoms with Gasteiger partial charge in [-0.1, -0.05) is 6.92 Å². The Bertz CT molecular complexity index is 335. The van der Waals surface area contributed by atoms with Gasteiger partial charge in [0.05, 0.1) is 18.1 Å². The molecule has 1 aromatic heterocycles. The molecule has 88 valence electrons. The molecule has 2 rings (SSSR count). The molecule has 1 fully saturated rings. The van der Waals surface area contributed by atoms with Crippen LogP contribution in [0.4, 0.5) is 5.82 Å². The molecule has 4 heteroatoms. The molecule has 2 N–H and O–H groups in total. The summed E-state index contributed by atoms with van der Waals surface area (Å²) in [5.41, 5.74) is 6.53. The van der Waals surface area contributed by atoms with Crippen LogP contribution in [0.15, 0.2) is 12.4 Å². The number of anilines is 1. The van der Waals surface area contributed by atoms with Crippen LogP contribution >= 0.6 is 0 Å². The Morgan fingerprint density at radius 1 is 1.31 bits per heavy atom. The summed E-state index contributed by atoms with van der Waals surface area (Å²) >= 11 is 0. The van der Waals surface area contributed by atoms with Crippen molar-refractivity contribution in [1.82, 2.24) is 14.9 Å². The molecule has 0 spiro atoms. The maximum atomic E-state index is 5.52. The highest BCUT2D eigenvalue weighted by atomic mass is 15.2. The Morgan fingerprint density at radius 3 is 2.81 bits per heavy atom. The number of likely N-dealkylation sites (tertiary alicyclic amines) is 1. The van der Waals surface area contributed by atoms with Gasteiger partial charge in [0.25, 0.3) is 0 Å². The monoisotopic (exact) mass is 220 g/mol. The van der Waals surface area contributed by atoms with E-state index in [1.807, 2.05) is 0 Å². The van der Waals surface area contributed by atoms with E-state index in [1.165, 1.54) is 12.8 Å². The zero-order chi connectivity index (χ0) is 11.5. The number of hydrogen-bond acceptors (Lipinski definition) is 4. The van der Waals surface area contributed by atoms with Crippen LogP contribution in [-0.2, 0) is 6.54 Å². The van der Waals surface area contributed by atoms with Crippen molar-refractivity contribution in [3.63, 3.8) is 0 Å². The Morgan fingerprint density at radius 2 is 2.12 bits per heavy atom. The van der Waals surface area contributed by atoms with Crippen LogP contribution in [-0.4, -0.2) is 27.5 Å². The molecular formula is C12H20N4. The van der Waals surface area contributed by atoms with Gasteiger partial charge in [-0.05, 0) is 25.7 Å². The molecule has 0 radical (unpaired) electrons. The lowest BCUT2D eigenvalue weighted by molar-refractivity contribution is 0.116. The molecule has 2 heterocycles. The van der Waals surface area contributed by atoms with E-state index in [1.54, 1.807) is 12.4 Å². The number of piperidine rings is 1. The van der Waals surface area contributed by atoms with Crippen molar-refractivity contribution in [2.75, 3.05) is 12.3 Å². The Kier molecular flexibility index (Phi) is 3.39. The predicted octanol–water partition coefficient (Wildman–Crippen LogP) is 1.68. The average Bonchev–Trinajstić information content (AvgIpc) is 2.27. The minimum atomic E-state index is 0.490. The molecule has 1 aliphatic heterocycles. The molecule has 1 aromatic rings. The minimum Gasteiger partial charge on any atom is -0.382 e. The number of rotatable bonds is 2. The van der Waals surface area contributed by atoms with Gasteiger partial charge in [-0.15, -0.1) is 0 Å². The second-order valence-corrected chi connectivity index (χ2v) is 4.89. The lowest BCUT2D eigenvalue weighted by Gasteiger charge is -2.36. The van der Waals surface area contributed by atoms with E-state index in [0.717, 1.165) is 24.7 Å². The minimum absolute atomic E-state index is 0.490. The lowest BCUT2D eigenvalue weighted by atomic mass is 9.95. The molecule has 1 aliphatic rings. The summed E-state index contributed by atoms with van der Waals surface area (Å²) in [5, 5.41) is 0. The van der Waals surface area contributed by atoms with Crippen molar-refractivity contribution in [2.45, 2.75) is 39.3 Å². The van der Waals surface area contributed by atoms with E-state index in [4.69, 9.17) is 5.73 Å². The molecule has 16 heavy (non-hydrogen) atoms. The molecule has 2 unspecified atom stereocenters. The lowest BCUT2D eigenvalue weighted by Crippen LogP contribution is -2.40. The highest BCUT2D eigenvalue weighted by molar-refractivity contribution is 5.22. The normalized spacial score (nSPS) is 26.9. The first kappa shape index (κ1) is 11.3. The number of nitrogens with zero attached hydrogens (tertiary/aromatic N) is 3. The van der Waals surface area contributed by atoms with Crippen molar-refractivity contribution in [3.8, 4) is 0 Å². The quantitative estimate of drug-likeness (QED) is 0.824. The van der Waals surface area contributed by atoms with Crippen LogP contribution in [0.25, 0.3) is 0 Å². The summed E-state index contributed by atoms with van der Waals surface area (Å²) in [6, 6.07) is 0.649. The van der Waals surface area contributed by atoms with Crippen molar-refractivity contribution in [2.24, 2.45) is 5.92 Å². The van der Waals surface area contributed by atoms with Gasteiger partial charge >= 0.3 is 0 Å². The van der Waals surface area contributed by atoms with Crippen LogP contribution in [0.1, 0.15) is 32.4 Å². The summed E-state index contributed by atoms with van der Waals surface area (Å²) in [7, 11) is 0. The summed E-state index contributed by atoms with van der Waals surface area (Å²) in [6.45, 7) is 6.65. The Hall–Kier alpha value is -1.16. The third-order valence-electron chi connectivity index (χ3n) is 3.34. The third kappa shape index (κ3) is 2.70. The largest absolute Gasteiger partial charge is 0.382 e. The van der Waals surface area contributed by atoms with Gasteiger partial charge in [0, 0.05) is 19.1 Å². The standard InChI is InChI=1S/C12H20N4/c1-9-3-4-10(2)16(7-9)8-11-5-15-12(13)6-14-11/h5-6,9-10H,3-4,7-8H2,1-2H3,(H2,13,15). The topological polar surface area (TPSA) is 55.0 Å². The third-order valence-corrected chi connectivity index (χ3v) is 3.34. The molecule has 0 amide bonds. The predicted molar refractivity (Wildman–Crippen MR) is 64.7 cm³/mol. The zero-order valence-corrected chi connectivity index (χ0v) is 10.1. The smallest absolute Gasteiger partial charge is 0.141 e. The number of nitrogens with two attached hydrogens (primary N) is 1. The highest BCUT2D eigenvalue weighted by Crippen LogP contribution is 2.22. The molecule has 2 atom stereocenters. The van der Waals surface area contributed by atoms with E-state index >= 15 is 0 Å². The van der Waals surface area contributed by atoms with E-state index in [2.05, 4.69) is 28.7 Å². The summed E-state index contributed by atoms with van der Waals surface area (Å²) in [4.78, 5) is 10.9. The fourth-order valence-electron chi connectivity index (χ4n) is 2.25. The van der Waals surface area contributed by atoms with Crippen LogP contribution in [0.5, 0.6) is 0 Å². The van der Waals surface area contributed by atoms with Crippen LogP contribution in [0.2, 0.25) is 0 Å². The molecule has 4 nitrogen and oxygen atoms in total. The first-order valence-corrected chi connectivity index (χ1v) is 5.95. The number of aromatic nitrogens is 2. The van der Waals surface area contributed by atoms with Gasteiger partial charge in [0.1, 0.15) is 5.82 Å². The van der Waals surface area contributed by atoms with E-state index in [-0.39, 0.29) is 0 Å². The summed E-state index contributed by atoms with van der Waals surface area (Å²) in [6.07, 6.45) is 6.03. The highest BCUT2D eigenvalue weighted by Gasteiger charge is 2.22.